The van der Waals surface area contributed by atoms with Crippen LogP contribution in [0.5, 0.6) is 0 Å². The molecule has 0 aromatic heterocycles. The van der Waals surface area contributed by atoms with E-state index in [1.54, 1.807) is 7.05 Å². The quantitative estimate of drug-likeness (QED) is 0.322. The second kappa shape index (κ2) is 10.5. The maximum absolute atomic E-state index is 13.9. The Hall–Kier alpha value is -2.23. The van der Waals surface area contributed by atoms with Gasteiger partial charge in [-0.1, -0.05) is 31.2 Å². The van der Waals surface area contributed by atoms with Crippen LogP contribution in [0, 0.1) is 11.6 Å². The summed E-state index contributed by atoms with van der Waals surface area (Å²) in [5.41, 5.74) is 2.38. The molecule has 0 saturated heterocycles. The van der Waals surface area contributed by atoms with Gasteiger partial charge in [0.05, 0.1) is 0 Å². The summed E-state index contributed by atoms with van der Waals surface area (Å²) in [5, 5.41) is 9.28. The summed E-state index contributed by atoms with van der Waals surface area (Å²) in [6.45, 7) is 2.84. The first-order valence-electron chi connectivity index (χ1n) is 9.26. The average Bonchev–Trinajstić information content (AvgIpc) is 2.67. The Morgan fingerprint density at radius 2 is 2.00 bits per heavy atom. The first kappa shape index (κ1) is 23.1. The van der Waals surface area contributed by atoms with Crippen molar-refractivity contribution in [3.05, 3.63) is 65.2 Å². The van der Waals surface area contributed by atoms with Crippen molar-refractivity contribution in [1.29, 1.82) is 0 Å². The van der Waals surface area contributed by atoms with Crippen molar-refractivity contribution in [2.75, 3.05) is 25.5 Å². The third-order valence-corrected chi connectivity index (χ3v) is 4.92. The van der Waals surface area contributed by atoms with Crippen molar-refractivity contribution in [2.24, 2.45) is 4.99 Å². The van der Waals surface area contributed by atoms with E-state index in [0.29, 0.717) is 31.0 Å². The number of benzene rings is 2. The van der Waals surface area contributed by atoms with Gasteiger partial charge in [-0.3, -0.25) is 9.79 Å². The maximum atomic E-state index is 13.9. The Kier molecular flexibility index (Phi) is 8.36. The monoisotopic (exact) mass is 514 g/mol. The number of aliphatic imine (C=N–C) groups is 1. The van der Waals surface area contributed by atoms with Crippen molar-refractivity contribution in [3.8, 4) is 0 Å². The Bertz CT molecular complexity index is 891. The number of carbonyl (C=O) groups is 1. The number of carbonyl (C=O) groups excluding carboxylic acids is 1. The van der Waals surface area contributed by atoms with Crippen LogP contribution in [0.1, 0.15) is 36.3 Å². The molecule has 3 N–H and O–H groups in total. The number of fused-ring (bicyclic) bond motifs is 1. The summed E-state index contributed by atoms with van der Waals surface area (Å²) >= 11 is 0. The van der Waals surface area contributed by atoms with Crippen LogP contribution in [-0.2, 0) is 4.79 Å². The molecule has 3 rings (SSSR count). The molecule has 29 heavy (non-hydrogen) atoms. The molecular formula is C21H25F2IN4O. The number of hydrogen-bond acceptors (Lipinski definition) is 2. The molecular weight excluding hydrogens is 489 g/mol. The lowest BCUT2D eigenvalue weighted by atomic mass is 9.90. The number of anilines is 1. The normalized spacial score (nSPS) is 16.9. The van der Waals surface area contributed by atoms with E-state index in [2.05, 4.69) is 20.9 Å². The van der Waals surface area contributed by atoms with Crippen LogP contribution in [0.4, 0.5) is 14.5 Å². The van der Waals surface area contributed by atoms with E-state index in [0.717, 1.165) is 17.3 Å². The van der Waals surface area contributed by atoms with Crippen LogP contribution in [0.15, 0.2) is 47.5 Å². The smallest absolute Gasteiger partial charge is 0.225 e. The van der Waals surface area contributed by atoms with E-state index < -0.39 is 11.6 Å². The Morgan fingerprint density at radius 3 is 2.72 bits per heavy atom. The highest BCUT2D eigenvalue weighted by atomic mass is 127. The number of halogens is 3. The fourth-order valence-electron chi connectivity index (χ4n) is 3.39. The summed E-state index contributed by atoms with van der Waals surface area (Å²) in [6.07, 6.45) is 0.401. The second-order valence-electron chi connectivity index (χ2n) is 6.94. The van der Waals surface area contributed by atoms with Crippen LogP contribution in [0.25, 0.3) is 0 Å². The topological polar surface area (TPSA) is 65.5 Å². The van der Waals surface area contributed by atoms with Gasteiger partial charge in [0.15, 0.2) is 5.96 Å². The standard InChI is InChI=1S/C21H24F2N4O.HI/c1-13(16-8-7-15(22)10-18(16)23)11-25-21(24-2)26-12-14-9-20(28)27-19-6-4-3-5-17(14)19;/h3-8,10,13-14H,9,11-12H2,1-2H3,(H,27,28)(H2,24,25,26);1H. The van der Waals surface area contributed by atoms with Gasteiger partial charge in [0, 0.05) is 50.1 Å². The summed E-state index contributed by atoms with van der Waals surface area (Å²) < 4.78 is 27.0. The number of rotatable bonds is 5. The molecule has 2 unspecified atom stereocenters. The largest absolute Gasteiger partial charge is 0.356 e. The van der Waals surface area contributed by atoms with Gasteiger partial charge in [0.1, 0.15) is 11.6 Å². The van der Waals surface area contributed by atoms with E-state index in [4.69, 9.17) is 0 Å². The van der Waals surface area contributed by atoms with Crippen LogP contribution in [0.2, 0.25) is 0 Å². The number of guanidine groups is 1. The molecule has 0 saturated carbocycles. The molecule has 1 aliphatic rings. The molecule has 2 aromatic carbocycles. The number of nitrogens with zero attached hydrogens (tertiary/aromatic N) is 1. The molecule has 1 aliphatic heterocycles. The molecule has 0 aliphatic carbocycles. The maximum Gasteiger partial charge on any atom is 0.225 e. The molecule has 5 nitrogen and oxygen atoms in total. The zero-order valence-corrected chi connectivity index (χ0v) is 18.7. The lowest BCUT2D eigenvalue weighted by Crippen LogP contribution is -2.42. The molecule has 2 aromatic rings. The lowest BCUT2D eigenvalue weighted by Gasteiger charge is -2.26. The molecule has 0 radical (unpaired) electrons. The highest BCUT2D eigenvalue weighted by Gasteiger charge is 2.24. The summed E-state index contributed by atoms with van der Waals surface area (Å²) in [5.74, 6) is -0.708. The fourth-order valence-corrected chi connectivity index (χ4v) is 3.39. The molecule has 8 heteroatoms. The molecule has 1 amide bonds. The predicted molar refractivity (Wildman–Crippen MR) is 122 cm³/mol. The van der Waals surface area contributed by atoms with Gasteiger partial charge < -0.3 is 16.0 Å². The van der Waals surface area contributed by atoms with Gasteiger partial charge in [-0.25, -0.2) is 8.78 Å². The van der Waals surface area contributed by atoms with Gasteiger partial charge in [-0.15, -0.1) is 24.0 Å². The average molecular weight is 514 g/mol. The fraction of sp³-hybridized carbons (Fsp3) is 0.333. The Balaban J connectivity index is 0.00000300. The van der Waals surface area contributed by atoms with Crippen LogP contribution >= 0.6 is 24.0 Å². The van der Waals surface area contributed by atoms with Crippen molar-refractivity contribution < 1.29 is 13.6 Å². The van der Waals surface area contributed by atoms with Crippen LogP contribution in [0.3, 0.4) is 0 Å². The predicted octanol–water partition coefficient (Wildman–Crippen LogP) is 3.98. The number of nitrogens with one attached hydrogen (secondary N) is 3. The summed E-state index contributed by atoms with van der Waals surface area (Å²) in [4.78, 5) is 16.1. The van der Waals surface area contributed by atoms with Crippen molar-refractivity contribution >= 4 is 41.5 Å². The van der Waals surface area contributed by atoms with Crippen LogP contribution in [-0.4, -0.2) is 32.0 Å². The van der Waals surface area contributed by atoms with Crippen LogP contribution < -0.4 is 16.0 Å². The number of amides is 1. The highest BCUT2D eigenvalue weighted by Crippen LogP contribution is 2.31. The summed E-state index contributed by atoms with van der Waals surface area (Å²) in [7, 11) is 1.65. The minimum atomic E-state index is -0.587. The van der Waals surface area contributed by atoms with Crippen molar-refractivity contribution in [2.45, 2.75) is 25.2 Å². The molecule has 0 spiro atoms. The van der Waals surface area contributed by atoms with Gasteiger partial charge in [0.2, 0.25) is 5.91 Å². The zero-order valence-electron chi connectivity index (χ0n) is 16.3. The van der Waals surface area contributed by atoms with Gasteiger partial charge in [-0.2, -0.15) is 0 Å². The molecule has 0 fully saturated rings. The van der Waals surface area contributed by atoms with E-state index in [1.807, 2.05) is 31.2 Å². The van der Waals surface area contributed by atoms with Crippen molar-refractivity contribution in [3.63, 3.8) is 0 Å². The minimum absolute atomic E-state index is 0. The lowest BCUT2D eigenvalue weighted by molar-refractivity contribution is -0.116. The third-order valence-electron chi connectivity index (χ3n) is 4.92. The summed E-state index contributed by atoms with van der Waals surface area (Å²) in [6, 6.07) is 11.4. The first-order chi connectivity index (χ1) is 13.5. The molecule has 156 valence electrons. The highest BCUT2D eigenvalue weighted by molar-refractivity contribution is 14.0. The van der Waals surface area contributed by atoms with Gasteiger partial charge >= 0.3 is 0 Å². The number of para-hydroxylation sites is 1. The van der Waals surface area contributed by atoms with Gasteiger partial charge in [0.25, 0.3) is 0 Å². The Morgan fingerprint density at radius 1 is 1.24 bits per heavy atom. The molecule has 2 atom stereocenters. The minimum Gasteiger partial charge on any atom is -0.356 e. The first-order valence-corrected chi connectivity index (χ1v) is 9.26. The Labute approximate surface area is 186 Å². The zero-order chi connectivity index (χ0) is 20.1. The van der Waals surface area contributed by atoms with E-state index in [-0.39, 0.29) is 41.7 Å². The molecule has 0 bridgehead atoms. The van der Waals surface area contributed by atoms with E-state index >= 15 is 0 Å². The van der Waals surface area contributed by atoms with E-state index in [1.165, 1.54) is 12.1 Å². The van der Waals surface area contributed by atoms with E-state index in [9.17, 15) is 13.6 Å². The SMILES string of the molecule is CN=C(NCC(C)c1ccc(F)cc1F)NCC1CC(=O)Nc2ccccc21.I. The van der Waals surface area contributed by atoms with Crippen molar-refractivity contribution in [1.82, 2.24) is 10.6 Å². The third kappa shape index (κ3) is 5.88. The number of hydrogen-bond donors (Lipinski definition) is 3. The molecule has 1 heterocycles. The van der Waals surface area contributed by atoms with Gasteiger partial charge in [-0.05, 0) is 23.3 Å². The second-order valence-corrected chi connectivity index (χ2v) is 6.94.